The standard InChI is InChI=1S/C17H21F3N2O3/c18-17(19,20)13-3-1-2-12(10-13)16(24)4-7-22(8-5-16)15(23)14-11-21-6-9-25-14/h1-3,10,14,21,24H,4-9,11H2. The maximum Gasteiger partial charge on any atom is 0.416 e. The van der Waals surface area contributed by atoms with Crippen LogP contribution in [0.4, 0.5) is 13.2 Å². The highest BCUT2D eigenvalue weighted by molar-refractivity contribution is 5.81. The van der Waals surface area contributed by atoms with Crippen LogP contribution in [-0.2, 0) is 21.3 Å². The van der Waals surface area contributed by atoms with Crippen molar-refractivity contribution in [2.45, 2.75) is 30.7 Å². The Kier molecular flexibility index (Phi) is 5.04. The Morgan fingerprint density at radius 2 is 2.04 bits per heavy atom. The number of carbonyl (C=O) groups excluding carboxylic acids is 1. The molecule has 0 radical (unpaired) electrons. The van der Waals surface area contributed by atoms with Gasteiger partial charge in [0.1, 0.15) is 6.10 Å². The molecular weight excluding hydrogens is 337 g/mol. The summed E-state index contributed by atoms with van der Waals surface area (Å²) in [7, 11) is 0. The molecule has 2 aliphatic heterocycles. The molecule has 3 rings (SSSR count). The largest absolute Gasteiger partial charge is 0.416 e. The van der Waals surface area contributed by atoms with Gasteiger partial charge in [-0.15, -0.1) is 0 Å². The van der Waals surface area contributed by atoms with Gasteiger partial charge in [0.05, 0.1) is 17.8 Å². The maximum absolute atomic E-state index is 12.9. The number of hydrogen-bond acceptors (Lipinski definition) is 4. The van der Waals surface area contributed by atoms with E-state index >= 15 is 0 Å². The van der Waals surface area contributed by atoms with Gasteiger partial charge in [-0.3, -0.25) is 4.79 Å². The first kappa shape index (κ1) is 18.2. The van der Waals surface area contributed by atoms with E-state index < -0.39 is 23.4 Å². The predicted molar refractivity (Wildman–Crippen MR) is 83.8 cm³/mol. The molecule has 5 nitrogen and oxygen atoms in total. The highest BCUT2D eigenvalue weighted by Crippen LogP contribution is 2.36. The molecule has 2 heterocycles. The molecule has 8 heteroatoms. The van der Waals surface area contributed by atoms with Crippen LogP contribution < -0.4 is 5.32 Å². The van der Waals surface area contributed by atoms with E-state index in [4.69, 9.17) is 4.74 Å². The molecular formula is C17H21F3N2O3. The Bertz CT molecular complexity index is 622. The summed E-state index contributed by atoms with van der Waals surface area (Å²) in [6, 6.07) is 4.78. The van der Waals surface area contributed by atoms with Crippen LogP contribution in [0.1, 0.15) is 24.0 Å². The summed E-state index contributed by atoms with van der Waals surface area (Å²) in [5.74, 6) is -0.140. The number of alkyl halides is 3. The van der Waals surface area contributed by atoms with Gasteiger partial charge in [-0.25, -0.2) is 0 Å². The van der Waals surface area contributed by atoms with Gasteiger partial charge in [-0.2, -0.15) is 13.2 Å². The fourth-order valence-electron chi connectivity index (χ4n) is 3.30. The fraction of sp³-hybridized carbons (Fsp3) is 0.588. The van der Waals surface area contributed by atoms with Crippen LogP contribution in [-0.4, -0.2) is 54.8 Å². The Morgan fingerprint density at radius 3 is 2.64 bits per heavy atom. The zero-order valence-corrected chi connectivity index (χ0v) is 13.7. The number of halogens is 3. The van der Waals surface area contributed by atoms with Gasteiger partial charge >= 0.3 is 6.18 Å². The van der Waals surface area contributed by atoms with E-state index in [1.54, 1.807) is 4.90 Å². The number of benzene rings is 1. The number of carbonyl (C=O) groups is 1. The number of likely N-dealkylation sites (tertiary alicyclic amines) is 1. The van der Waals surface area contributed by atoms with Gasteiger partial charge in [0.2, 0.25) is 0 Å². The minimum atomic E-state index is -4.45. The van der Waals surface area contributed by atoms with E-state index in [2.05, 4.69) is 5.32 Å². The summed E-state index contributed by atoms with van der Waals surface area (Å²) in [5.41, 5.74) is -1.90. The number of piperidine rings is 1. The molecule has 2 N–H and O–H groups in total. The van der Waals surface area contributed by atoms with Crippen LogP contribution in [0.2, 0.25) is 0 Å². The van der Waals surface area contributed by atoms with Crippen molar-refractivity contribution in [3.63, 3.8) is 0 Å². The first-order valence-corrected chi connectivity index (χ1v) is 8.31. The summed E-state index contributed by atoms with van der Waals surface area (Å²) in [4.78, 5) is 14.0. The lowest BCUT2D eigenvalue weighted by atomic mass is 9.83. The summed E-state index contributed by atoms with van der Waals surface area (Å²) in [6.45, 7) is 2.20. The van der Waals surface area contributed by atoms with Gasteiger partial charge in [-0.1, -0.05) is 12.1 Å². The number of morpholine rings is 1. The highest BCUT2D eigenvalue weighted by Gasteiger charge is 2.39. The van der Waals surface area contributed by atoms with Crippen molar-refractivity contribution in [2.24, 2.45) is 0 Å². The number of hydrogen-bond donors (Lipinski definition) is 2. The molecule has 0 aliphatic carbocycles. The molecule has 0 spiro atoms. The van der Waals surface area contributed by atoms with Crippen LogP contribution in [0, 0.1) is 0 Å². The molecule has 1 unspecified atom stereocenters. The third kappa shape index (κ3) is 3.96. The van der Waals surface area contributed by atoms with E-state index in [0.29, 0.717) is 19.7 Å². The van der Waals surface area contributed by atoms with Gasteiger partial charge in [0.25, 0.3) is 5.91 Å². The van der Waals surface area contributed by atoms with Crippen molar-refractivity contribution in [2.75, 3.05) is 32.8 Å². The molecule has 138 valence electrons. The predicted octanol–water partition coefficient (Wildman–Crippen LogP) is 1.50. The average molecular weight is 358 g/mol. The van der Waals surface area contributed by atoms with Crippen LogP contribution in [0.25, 0.3) is 0 Å². The number of aliphatic hydroxyl groups is 1. The van der Waals surface area contributed by atoms with Crippen LogP contribution in [0.15, 0.2) is 24.3 Å². The monoisotopic (exact) mass is 358 g/mol. The van der Waals surface area contributed by atoms with Crippen molar-refractivity contribution < 1.29 is 27.8 Å². The molecule has 0 bridgehead atoms. The quantitative estimate of drug-likeness (QED) is 0.841. The summed E-state index contributed by atoms with van der Waals surface area (Å²) in [6.07, 6.45) is -4.59. The normalized spacial score (nSPS) is 24.2. The molecule has 2 aliphatic rings. The maximum atomic E-state index is 12.9. The van der Waals surface area contributed by atoms with Gasteiger partial charge in [0.15, 0.2) is 0 Å². The molecule has 1 atom stereocenters. The van der Waals surface area contributed by atoms with Crippen LogP contribution in [0.5, 0.6) is 0 Å². The first-order chi connectivity index (χ1) is 11.8. The zero-order chi connectivity index (χ0) is 18.1. The van der Waals surface area contributed by atoms with Crippen molar-refractivity contribution >= 4 is 5.91 Å². The third-order valence-corrected chi connectivity index (χ3v) is 4.83. The fourth-order valence-corrected chi connectivity index (χ4v) is 3.30. The molecule has 0 aromatic heterocycles. The van der Waals surface area contributed by atoms with Crippen molar-refractivity contribution in [1.29, 1.82) is 0 Å². The minimum Gasteiger partial charge on any atom is -0.385 e. The van der Waals surface area contributed by atoms with Crippen LogP contribution in [0.3, 0.4) is 0 Å². The topological polar surface area (TPSA) is 61.8 Å². The van der Waals surface area contributed by atoms with Crippen molar-refractivity contribution in [1.82, 2.24) is 10.2 Å². The van der Waals surface area contributed by atoms with E-state index in [-0.39, 0.29) is 37.4 Å². The Labute approximate surface area is 143 Å². The first-order valence-electron chi connectivity index (χ1n) is 8.31. The Morgan fingerprint density at radius 1 is 1.32 bits per heavy atom. The summed E-state index contributed by atoms with van der Waals surface area (Å²) >= 11 is 0. The molecule has 2 saturated heterocycles. The van der Waals surface area contributed by atoms with E-state index in [1.807, 2.05) is 0 Å². The summed E-state index contributed by atoms with van der Waals surface area (Å²) < 4.78 is 44.1. The molecule has 1 aromatic rings. The average Bonchev–Trinajstić information content (AvgIpc) is 2.62. The second-order valence-electron chi connectivity index (χ2n) is 6.50. The molecule has 1 aromatic carbocycles. The van der Waals surface area contributed by atoms with E-state index in [0.717, 1.165) is 12.1 Å². The lowest BCUT2D eigenvalue weighted by molar-refractivity contribution is -0.149. The zero-order valence-electron chi connectivity index (χ0n) is 13.7. The van der Waals surface area contributed by atoms with E-state index in [9.17, 15) is 23.1 Å². The smallest absolute Gasteiger partial charge is 0.385 e. The SMILES string of the molecule is O=C(C1CNCCO1)N1CCC(O)(c2cccc(C(F)(F)F)c2)CC1. The summed E-state index contributed by atoms with van der Waals surface area (Å²) in [5, 5.41) is 13.9. The van der Waals surface area contributed by atoms with E-state index in [1.165, 1.54) is 12.1 Å². The lowest BCUT2D eigenvalue weighted by Gasteiger charge is -2.40. The lowest BCUT2D eigenvalue weighted by Crippen LogP contribution is -2.53. The number of nitrogens with one attached hydrogen (secondary N) is 1. The van der Waals surface area contributed by atoms with Gasteiger partial charge in [-0.05, 0) is 30.5 Å². The second kappa shape index (κ2) is 6.93. The molecule has 1 amide bonds. The second-order valence-corrected chi connectivity index (χ2v) is 6.50. The third-order valence-electron chi connectivity index (χ3n) is 4.83. The number of rotatable bonds is 2. The molecule has 0 saturated carbocycles. The minimum absolute atomic E-state index is 0.140. The Balaban J connectivity index is 1.67. The van der Waals surface area contributed by atoms with Gasteiger partial charge in [0, 0.05) is 26.2 Å². The van der Waals surface area contributed by atoms with Crippen LogP contribution >= 0.6 is 0 Å². The molecule has 25 heavy (non-hydrogen) atoms. The number of amides is 1. The molecule has 2 fully saturated rings. The van der Waals surface area contributed by atoms with Crippen molar-refractivity contribution in [3.05, 3.63) is 35.4 Å². The van der Waals surface area contributed by atoms with Gasteiger partial charge < -0.3 is 20.1 Å². The highest BCUT2D eigenvalue weighted by atomic mass is 19.4. The number of nitrogens with zero attached hydrogens (tertiary/aromatic N) is 1. The van der Waals surface area contributed by atoms with Crippen molar-refractivity contribution in [3.8, 4) is 0 Å². The number of ether oxygens (including phenoxy) is 1. The Hall–Kier alpha value is -1.64.